The number of hydrogen-bond acceptors (Lipinski definition) is 4. The van der Waals surface area contributed by atoms with E-state index in [4.69, 9.17) is 4.74 Å². The zero-order chi connectivity index (χ0) is 21.5. The van der Waals surface area contributed by atoms with Crippen molar-refractivity contribution in [2.45, 2.75) is 50.7 Å². The molecule has 5 heteroatoms. The number of aliphatic hydroxyl groups is 2. The van der Waals surface area contributed by atoms with Gasteiger partial charge in [0.05, 0.1) is 6.10 Å². The lowest BCUT2D eigenvalue weighted by molar-refractivity contribution is -0.128. The highest BCUT2D eigenvalue weighted by Crippen LogP contribution is 2.48. The van der Waals surface area contributed by atoms with Gasteiger partial charge in [0.25, 0.3) is 0 Å². The van der Waals surface area contributed by atoms with E-state index in [-0.39, 0.29) is 24.5 Å². The third kappa shape index (κ3) is 6.19. The third-order valence-corrected chi connectivity index (χ3v) is 6.31. The highest BCUT2D eigenvalue weighted by molar-refractivity contribution is 5.75. The van der Waals surface area contributed by atoms with Gasteiger partial charge < -0.3 is 19.8 Å². The number of unbranched alkanes of at least 4 members (excludes halogenated alkanes) is 1. The molecule has 0 saturated heterocycles. The molecule has 164 valence electrons. The minimum absolute atomic E-state index is 0.0745. The zero-order valence-corrected chi connectivity index (χ0v) is 18.1. The SMILES string of the molecule is CN(C)C(=O)CCCCC1=C[C@H]2C[C@@H](O)[C@H](/C=C/[C@H](O)COc3ccccc3)[C@H]2C1. The summed E-state index contributed by atoms with van der Waals surface area (Å²) >= 11 is 0. The highest BCUT2D eigenvalue weighted by Gasteiger charge is 2.43. The summed E-state index contributed by atoms with van der Waals surface area (Å²) < 4.78 is 5.60. The molecule has 2 aliphatic carbocycles. The van der Waals surface area contributed by atoms with Crippen molar-refractivity contribution in [1.29, 1.82) is 0 Å². The number of carbonyl (C=O) groups is 1. The summed E-state index contributed by atoms with van der Waals surface area (Å²) in [5, 5.41) is 20.7. The molecule has 0 radical (unpaired) electrons. The summed E-state index contributed by atoms with van der Waals surface area (Å²) in [7, 11) is 3.60. The number of para-hydroxylation sites is 1. The predicted molar refractivity (Wildman–Crippen MR) is 118 cm³/mol. The number of benzene rings is 1. The second-order valence-corrected chi connectivity index (χ2v) is 8.81. The minimum Gasteiger partial charge on any atom is -0.491 e. The Bertz CT molecular complexity index is 743. The molecular weight excluding hydrogens is 378 g/mol. The molecule has 0 bridgehead atoms. The quantitative estimate of drug-likeness (QED) is 0.454. The molecule has 1 aromatic carbocycles. The van der Waals surface area contributed by atoms with Gasteiger partial charge in [-0.1, -0.05) is 42.0 Å². The first-order valence-electron chi connectivity index (χ1n) is 11.1. The van der Waals surface area contributed by atoms with Gasteiger partial charge in [-0.2, -0.15) is 0 Å². The number of ether oxygens (including phenoxy) is 1. The molecule has 0 spiro atoms. The van der Waals surface area contributed by atoms with Crippen LogP contribution >= 0.6 is 0 Å². The van der Waals surface area contributed by atoms with Crippen molar-refractivity contribution in [3.8, 4) is 5.75 Å². The van der Waals surface area contributed by atoms with Gasteiger partial charge in [-0.05, 0) is 56.1 Å². The number of aliphatic hydroxyl groups excluding tert-OH is 2. The Labute approximate surface area is 180 Å². The van der Waals surface area contributed by atoms with Crippen LogP contribution in [-0.4, -0.2) is 53.9 Å². The van der Waals surface area contributed by atoms with E-state index in [9.17, 15) is 15.0 Å². The van der Waals surface area contributed by atoms with E-state index in [0.717, 1.165) is 37.9 Å². The molecule has 2 aliphatic rings. The van der Waals surface area contributed by atoms with Crippen LogP contribution in [-0.2, 0) is 4.79 Å². The number of allylic oxidation sites excluding steroid dienone is 2. The lowest BCUT2D eigenvalue weighted by Gasteiger charge is -2.19. The van der Waals surface area contributed by atoms with E-state index in [1.165, 1.54) is 5.57 Å². The summed E-state index contributed by atoms with van der Waals surface area (Å²) in [6.45, 7) is 0.201. The van der Waals surface area contributed by atoms with Crippen molar-refractivity contribution in [3.05, 3.63) is 54.1 Å². The van der Waals surface area contributed by atoms with E-state index in [1.54, 1.807) is 25.1 Å². The Morgan fingerprint density at radius 1 is 1.27 bits per heavy atom. The number of carbonyl (C=O) groups excluding carboxylic acids is 1. The first-order valence-corrected chi connectivity index (χ1v) is 11.1. The molecular formula is C25H35NO4. The largest absolute Gasteiger partial charge is 0.491 e. The van der Waals surface area contributed by atoms with Gasteiger partial charge in [-0.15, -0.1) is 0 Å². The second kappa shape index (κ2) is 10.8. The van der Waals surface area contributed by atoms with Gasteiger partial charge in [0.15, 0.2) is 0 Å². The van der Waals surface area contributed by atoms with Gasteiger partial charge in [0.2, 0.25) is 5.91 Å². The van der Waals surface area contributed by atoms with E-state index in [2.05, 4.69) is 6.08 Å². The van der Waals surface area contributed by atoms with Crippen molar-refractivity contribution in [3.63, 3.8) is 0 Å². The molecule has 5 atom stereocenters. The van der Waals surface area contributed by atoms with E-state index in [0.29, 0.717) is 18.3 Å². The van der Waals surface area contributed by atoms with Crippen molar-refractivity contribution in [2.24, 2.45) is 17.8 Å². The molecule has 1 saturated carbocycles. The monoisotopic (exact) mass is 413 g/mol. The molecule has 0 aromatic heterocycles. The number of fused-ring (bicyclic) bond motifs is 1. The fraction of sp³-hybridized carbons (Fsp3) is 0.560. The fourth-order valence-corrected chi connectivity index (χ4v) is 4.65. The van der Waals surface area contributed by atoms with Crippen LogP contribution < -0.4 is 4.74 Å². The highest BCUT2D eigenvalue weighted by atomic mass is 16.5. The van der Waals surface area contributed by atoms with Gasteiger partial charge in [-0.3, -0.25) is 4.79 Å². The molecule has 2 N–H and O–H groups in total. The molecule has 0 aliphatic heterocycles. The van der Waals surface area contributed by atoms with Gasteiger partial charge >= 0.3 is 0 Å². The summed E-state index contributed by atoms with van der Waals surface area (Å²) in [5.74, 6) is 1.84. The van der Waals surface area contributed by atoms with Crippen LogP contribution in [0.5, 0.6) is 5.75 Å². The van der Waals surface area contributed by atoms with Crippen LogP contribution in [0.25, 0.3) is 0 Å². The smallest absolute Gasteiger partial charge is 0.222 e. The van der Waals surface area contributed by atoms with Crippen LogP contribution in [0.4, 0.5) is 0 Å². The topological polar surface area (TPSA) is 70.0 Å². The number of amides is 1. The van der Waals surface area contributed by atoms with Crippen molar-refractivity contribution in [2.75, 3.05) is 20.7 Å². The Kier molecular flexibility index (Phi) is 8.11. The Morgan fingerprint density at radius 3 is 2.77 bits per heavy atom. The first kappa shape index (κ1) is 22.6. The molecule has 30 heavy (non-hydrogen) atoms. The zero-order valence-electron chi connectivity index (χ0n) is 18.1. The third-order valence-electron chi connectivity index (χ3n) is 6.31. The molecule has 1 aromatic rings. The van der Waals surface area contributed by atoms with Crippen LogP contribution in [0.15, 0.2) is 54.1 Å². The van der Waals surface area contributed by atoms with Crippen LogP contribution in [0.2, 0.25) is 0 Å². The van der Waals surface area contributed by atoms with Crippen molar-refractivity contribution >= 4 is 5.91 Å². The van der Waals surface area contributed by atoms with E-state index in [1.807, 2.05) is 36.4 Å². The summed E-state index contributed by atoms with van der Waals surface area (Å²) in [4.78, 5) is 13.3. The number of hydrogen-bond donors (Lipinski definition) is 2. The fourth-order valence-electron chi connectivity index (χ4n) is 4.65. The lowest BCUT2D eigenvalue weighted by Crippen LogP contribution is -2.21. The van der Waals surface area contributed by atoms with Crippen molar-refractivity contribution < 1.29 is 19.7 Å². The Morgan fingerprint density at radius 2 is 2.03 bits per heavy atom. The molecule has 0 unspecified atom stereocenters. The van der Waals surface area contributed by atoms with E-state index < -0.39 is 6.10 Å². The van der Waals surface area contributed by atoms with Crippen LogP contribution in [0.1, 0.15) is 38.5 Å². The maximum absolute atomic E-state index is 11.7. The molecule has 1 amide bonds. The lowest BCUT2D eigenvalue weighted by atomic mass is 9.88. The van der Waals surface area contributed by atoms with E-state index >= 15 is 0 Å². The normalized spacial score (nSPS) is 26.5. The number of rotatable bonds is 10. The molecule has 0 heterocycles. The average molecular weight is 414 g/mol. The Hall–Kier alpha value is -2.11. The van der Waals surface area contributed by atoms with Gasteiger partial charge in [0.1, 0.15) is 18.5 Å². The molecule has 5 nitrogen and oxygen atoms in total. The van der Waals surface area contributed by atoms with Gasteiger partial charge in [-0.25, -0.2) is 0 Å². The summed E-state index contributed by atoms with van der Waals surface area (Å²) in [6.07, 6.45) is 10.5. The average Bonchev–Trinajstić information content (AvgIpc) is 3.25. The summed E-state index contributed by atoms with van der Waals surface area (Å²) in [5.41, 5.74) is 1.46. The van der Waals surface area contributed by atoms with Crippen molar-refractivity contribution in [1.82, 2.24) is 4.90 Å². The number of nitrogens with zero attached hydrogens (tertiary/aromatic N) is 1. The molecule has 1 fully saturated rings. The second-order valence-electron chi connectivity index (χ2n) is 8.81. The Balaban J connectivity index is 1.43. The maximum Gasteiger partial charge on any atom is 0.222 e. The van der Waals surface area contributed by atoms with Crippen LogP contribution in [0, 0.1) is 17.8 Å². The first-order chi connectivity index (χ1) is 14.4. The van der Waals surface area contributed by atoms with Gasteiger partial charge in [0, 0.05) is 26.4 Å². The predicted octanol–water partition coefficient (Wildman–Crippen LogP) is 3.57. The summed E-state index contributed by atoms with van der Waals surface area (Å²) in [6, 6.07) is 9.46. The van der Waals surface area contributed by atoms with Crippen LogP contribution in [0.3, 0.4) is 0 Å². The molecule has 3 rings (SSSR count). The standard InChI is InChI=1S/C25H35NO4/c1-26(2)25(29)11-7-6-8-18-14-19-16-24(28)22(23(19)15-18)13-12-20(27)17-30-21-9-4-3-5-10-21/h3-5,9-10,12-14,19-20,22-24,27-28H,6-8,11,15-17H2,1-2H3/b13-12+/t19-,20-,22+,23-,24+/m0/s1. The maximum atomic E-state index is 11.7. The minimum atomic E-state index is -0.695.